The van der Waals surface area contributed by atoms with E-state index in [0.717, 1.165) is 17.9 Å². The number of halogens is 1. The van der Waals surface area contributed by atoms with Crippen LogP contribution in [0.1, 0.15) is 39.5 Å². The first-order valence-corrected chi connectivity index (χ1v) is 10.7. The molecule has 3 aromatic rings. The SMILES string of the molecule is Cc1cc(C(=O)NCCCC(=O)Nc2ccc(Cl)cc2)c(C)n1Cc1cccs1. The van der Waals surface area contributed by atoms with Crippen molar-refractivity contribution in [1.29, 1.82) is 0 Å². The monoisotopic (exact) mass is 429 g/mol. The van der Waals surface area contributed by atoms with Gasteiger partial charge in [0.25, 0.3) is 5.91 Å². The normalized spacial score (nSPS) is 10.7. The fourth-order valence-corrected chi connectivity index (χ4v) is 3.95. The molecule has 0 aliphatic rings. The molecule has 152 valence electrons. The van der Waals surface area contributed by atoms with E-state index in [0.29, 0.717) is 35.7 Å². The molecule has 0 saturated carbocycles. The van der Waals surface area contributed by atoms with Crippen LogP contribution in [0.3, 0.4) is 0 Å². The third kappa shape index (κ3) is 5.71. The van der Waals surface area contributed by atoms with Gasteiger partial charge in [-0.15, -0.1) is 11.3 Å². The summed E-state index contributed by atoms with van der Waals surface area (Å²) >= 11 is 7.54. The van der Waals surface area contributed by atoms with Gasteiger partial charge in [-0.3, -0.25) is 9.59 Å². The molecular weight excluding hydrogens is 406 g/mol. The maximum Gasteiger partial charge on any atom is 0.253 e. The molecule has 0 fully saturated rings. The number of nitrogens with one attached hydrogen (secondary N) is 2. The molecule has 2 aromatic heterocycles. The second-order valence-electron chi connectivity index (χ2n) is 6.86. The Hall–Kier alpha value is -2.57. The number of anilines is 1. The fraction of sp³-hybridized carbons (Fsp3) is 0.273. The summed E-state index contributed by atoms with van der Waals surface area (Å²) in [4.78, 5) is 25.8. The van der Waals surface area contributed by atoms with Crippen molar-refractivity contribution in [3.63, 3.8) is 0 Å². The summed E-state index contributed by atoms with van der Waals surface area (Å²) in [6.45, 7) is 5.20. The molecule has 5 nitrogen and oxygen atoms in total. The Morgan fingerprint density at radius 1 is 1.14 bits per heavy atom. The maximum atomic E-state index is 12.6. The Morgan fingerprint density at radius 3 is 2.59 bits per heavy atom. The highest BCUT2D eigenvalue weighted by Gasteiger charge is 2.16. The number of hydrogen-bond donors (Lipinski definition) is 2. The highest BCUT2D eigenvalue weighted by atomic mass is 35.5. The topological polar surface area (TPSA) is 63.1 Å². The molecule has 7 heteroatoms. The molecular formula is C22H24ClN3O2S. The van der Waals surface area contributed by atoms with E-state index in [9.17, 15) is 9.59 Å². The van der Waals surface area contributed by atoms with Gasteiger partial charge in [-0.25, -0.2) is 0 Å². The zero-order chi connectivity index (χ0) is 20.8. The van der Waals surface area contributed by atoms with E-state index in [-0.39, 0.29) is 11.8 Å². The highest BCUT2D eigenvalue weighted by Crippen LogP contribution is 2.19. The summed E-state index contributed by atoms with van der Waals surface area (Å²) in [5.74, 6) is -0.190. The van der Waals surface area contributed by atoms with Crippen LogP contribution in [-0.4, -0.2) is 22.9 Å². The van der Waals surface area contributed by atoms with Gasteiger partial charge >= 0.3 is 0 Å². The Labute approximate surface area is 179 Å². The minimum absolute atomic E-state index is 0.0873. The van der Waals surface area contributed by atoms with Crippen molar-refractivity contribution < 1.29 is 9.59 Å². The lowest BCUT2D eigenvalue weighted by atomic mass is 10.2. The number of amides is 2. The van der Waals surface area contributed by atoms with E-state index in [1.807, 2.05) is 26.0 Å². The quantitative estimate of drug-likeness (QED) is 0.494. The molecule has 1 aromatic carbocycles. The molecule has 2 amide bonds. The number of aromatic nitrogens is 1. The van der Waals surface area contributed by atoms with Gasteiger partial charge in [-0.05, 0) is 62.0 Å². The summed E-state index contributed by atoms with van der Waals surface area (Å²) in [7, 11) is 0. The number of aryl methyl sites for hydroxylation is 1. The summed E-state index contributed by atoms with van der Waals surface area (Å²) < 4.78 is 2.15. The van der Waals surface area contributed by atoms with Crippen molar-refractivity contribution in [2.24, 2.45) is 0 Å². The number of thiophene rings is 1. The van der Waals surface area contributed by atoms with Crippen molar-refractivity contribution in [2.75, 3.05) is 11.9 Å². The predicted molar refractivity (Wildman–Crippen MR) is 119 cm³/mol. The van der Waals surface area contributed by atoms with Crippen LogP contribution in [0, 0.1) is 13.8 Å². The number of rotatable bonds is 8. The number of carbonyl (C=O) groups is 2. The van der Waals surface area contributed by atoms with E-state index in [2.05, 4.69) is 26.6 Å². The van der Waals surface area contributed by atoms with Crippen LogP contribution in [0.2, 0.25) is 5.02 Å². The first-order chi connectivity index (χ1) is 13.9. The summed E-state index contributed by atoms with van der Waals surface area (Å²) in [6, 6.07) is 13.0. The number of nitrogens with zero attached hydrogens (tertiary/aromatic N) is 1. The van der Waals surface area contributed by atoms with E-state index in [1.54, 1.807) is 35.6 Å². The van der Waals surface area contributed by atoms with Gasteiger partial charge in [-0.2, -0.15) is 0 Å². The number of carbonyl (C=O) groups excluding carboxylic acids is 2. The van der Waals surface area contributed by atoms with Crippen LogP contribution in [0.4, 0.5) is 5.69 Å². The van der Waals surface area contributed by atoms with E-state index >= 15 is 0 Å². The van der Waals surface area contributed by atoms with Gasteiger partial charge < -0.3 is 15.2 Å². The average molecular weight is 430 g/mol. The van der Waals surface area contributed by atoms with Crippen LogP contribution in [0.5, 0.6) is 0 Å². The molecule has 0 bridgehead atoms. The van der Waals surface area contributed by atoms with Crippen molar-refractivity contribution in [3.8, 4) is 0 Å². The third-order valence-electron chi connectivity index (χ3n) is 4.71. The zero-order valence-corrected chi connectivity index (χ0v) is 18.1. The highest BCUT2D eigenvalue weighted by molar-refractivity contribution is 7.09. The smallest absolute Gasteiger partial charge is 0.253 e. The van der Waals surface area contributed by atoms with E-state index in [1.165, 1.54) is 4.88 Å². The maximum absolute atomic E-state index is 12.6. The number of benzene rings is 1. The first kappa shape index (κ1) is 21.1. The molecule has 0 radical (unpaired) electrons. The van der Waals surface area contributed by atoms with Gasteiger partial charge in [0, 0.05) is 39.9 Å². The summed E-state index contributed by atoms with van der Waals surface area (Å²) in [5.41, 5.74) is 3.41. The third-order valence-corrected chi connectivity index (χ3v) is 5.82. The van der Waals surface area contributed by atoms with Crippen LogP contribution >= 0.6 is 22.9 Å². The standard InChI is InChI=1S/C22H24ClN3O2S/c1-15-13-20(16(2)26(15)14-19-5-4-12-29-19)22(28)24-11-3-6-21(27)25-18-9-7-17(23)8-10-18/h4-5,7-10,12-13H,3,6,11,14H2,1-2H3,(H,24,28)(H,25,27). The van der Waals surface area contributed by atoms with E-state index < -0.39 is 0 Å². The Morgan fingerprint density at radius 2 is 1.90 bits per heavy atom. The molecule has 0 aliphatic carbocycles. The van der Waals surface area contributed by atoms with Crippen LogP contribution in [-0.2, 0) is 11.3 Å². The Balaban J connectivity index is 1.47. The molecule has 3 rings (SSSR count). The van der Waals surface area contributed by atoms with Gasteiger partial charge in [0.05, 0.1) is 12.1 Å². The molecule has 0 unspecified atom stereocenters. The predicted octanol–water partition coefficient (Wildman–Crippen LogP) is 5.02. The summed E-state index contributed by atoms with van der Waals surface area (Å²) in [6.07, 6.45) is 0.902. The van der Waals surface area contributed by atoms with Crippen molar-refractivity contribution in [1.82, 2.24) is 9.88 Å². The van der Waals surface area contributed by atoms with Crippen LogP contribution < -0.4 is 10.6 Å². The zero-order valence-electron chi connectivity index (χ0n) is 16.5. The molecule has 2 heterocycles. The lowest BCUT2D eigenvalue weighted by Crippen LogP contribution is -2.26. The Kier molecular flexibility index (Phi) is 7.12. The van der Waals surface area contributed by atoms with Gasteiger partial charge in [-0.1, -0.05) is 17.7 Å². The summed E-state index contributed by atoms with van der Waals surface area (Å²) in [5, 5.41) is 8.42. The lowest BCUT2D eigenvalue weighted by Gasteiger charge is -2.09. The minimum Gasteiger partial charge on any atom is -0.352 e. The molecule has 0 atom stereocenters. The minimum atomic E-state index is -0.103. The van der Waals surface area contributed by atoms with Crippen molar-refractivity contribution in [3.05, 3.63) is 74.7 Å². The van der Waals surface area contributed by atoms with Crippen molar-refractivity contribution in [2.45, 2.75) is 33.2 Å². The second kappa shape index (κ2) is 9.76. The van der Waals surface area contributed by atoms with E-state index in [4.69, 9.17) is 11.6 Å². The van der Waals surface area contributed by atoms with Gasteiger partial charge in [0.2, 0.25) is 5.91 Å². The Bertz CT molecular complexity index is 978. The second-order valence-corrected chi connectivity index (χ2v) is 8.33. The molecule has 0 spiro atoms. The number of hydrogen-bond acceptors (Lipinski definition) is 3. The van der Waals surface area contributed by atoms with Gasteiger partial charge in [0.1, 0.15) is 0 Å². The first-order valence-electron chi connectivity index (χ1n) is 9.47. The van der Waals surface area contributed by atoms with Crippen LogP contribution in [0.25, 0.3) is 0 Å². The molecule has 0 aliphatic heterocycles. The van der Waals surface area contributed by atoms with Crippen LogP contribution in [0.15, 0.2) is 47.8 Å². The largest absolute Gasteiger partial charge is 0.352 e. The lowest BCUT2D eigenvalue weighted by molar-refractivity contribution is -0.116. The fourth-order valence-electron chi connectivity index (χ4n) is 3.14. The molecule has 2 N–H and O–H groups in total. The molecule has 0 saturated heterocycles. The average Bonchev–Trinajstić information content (AvgIpc) is 3.31. The molecule has 29 heavy (non-hydrogen) atoms. The van der Waals surface area contributed by atoms with Gasteiger partial charge in [0.15, 0.2) is 0 Å². The van der Waals surface area contributed by atoms with Crippen molar-refractivity contribution >= 4 is 40.4 Å².